The minimum absolute atomic E-state index is 0.0169. The van der Waals surface area contributed by atoms with E-state index in [1.807, 2.05) is 12.1 Å². The first kappa shape index (κ1) is 11.5. The van der Waals surface area contributed by atoms with Crippen molar-refractivity contribution in [3.63, 3.8) is 0 Å². The normalized spacial score (nSPS) is 23.2. The van der Waals surface area contributed by atoms with Gasteiger partial charge in [-0.1, -0.05) is 39.0 Å². The highest BCUT2D eigenvalue weighted by Crippen LogP contribution is 2.42. The number of halogens is 2. The van der Waals surface area contributed by atoms with Crippen molar-refractivity contribution in [1.29, 1.82) is 0 Å². The van der Waals surface area contributed by atoms with Crippen molar-refractivity contribution in [2.45, 2.75) is 44.6 Å². The van der Waals surface area contributed by atoms with Gasteiger partial charge in [-0.2, -0.15) is 0 Å². The van der Waals surface area contributed by atoms with Crippen LogP contribution in [0.1, 0.15) is 43.5 Å². The Morgan fingerprint density at radius 1 is 1.31 bits per heavy atom. The minimum Gasteiger partial charge on any atom is -0.319 e. The quantitative estimate of drug-likeness (QED) is 0.721. The highest BCUT2D eigenvalue weighted by atomic mass is 19.3. The first-order valence-electron chi connectivity index (χ1n) is 5.48. The van der Waals surface area contributed by atoms with Gasteiger partial charge in [0.25, 0.3) is 5.92 Å². The van der Waals surface area contributed by atoms with Crippen molar-refractivity contribution in [2.75, 3.05) is 0 Å². The highest BCUT2D eigenvalue weighted by Gasteiger charge is 2.45. The van der Waals surface area contributed by atoms with Crippen LogP contribution >= 0.6 is 0 Å². The van der Waals surface area contributed by atoms with Gasteiger partial charge in [0, 0.05) is 6.42 Å². The van der Waals surface area contributed by atoms with Gasteiger partial charge in [0.1, 0.15) is 0 Å². The van der Waals surface area contributed by atoms with Crippen molar-refractivity contribution >= 4 is 0 Å². The number of alkyl halides is 2. The van der Waals surface area contributed by atoms with Gasteiger partial charge in [-0.3, -0.25) is 0 Å². The molecule has 0 unspecified atom stereocenters. The van der Waals surface area contributed by atoms with E-state index < -0.39 is 12.0 Å². The molecule has 1 aromatic rings. The van der Waals surface area contributed by atoms with Crippen molar-refractivity contribution in [3.8, 4) is 0 Å². The molecule has 1 aromatic carbocycles. The maximum atomic E-state index is 13.4. The first-order valence-corrected chi connectivity index (χ1v) is 5.48. The van der Waals surface area contributed by atoms with Crippen LogP contribution in [0.5, 0.6) is 0 Å². The fourth-order valence-electron chi connectivity index (χ4n) is 2.12. The Bertz CT molecular complexity index is 418. The average Bonchev–Trinajstić information content (AvgIpc) is 2.36. The lowest BCUT2D eigenvalue weighted by molar-refractivity contribution is -0.0135. The van der Waals surface area contributed by atoms with Gasteiger partial charge in [0.2, 0.25) is 0 Å². The summed E-state index contributed by atoms with van der Waals surface area (Å²) >= 11 is 0. The van der Waals surface area contributed by atoms with Gasteiger partial charge in [-0.15, -0.1) is 0 Å². The Morgan fingerprint density at radius 2 is 1.94 bits per heavy atom. The molecule has 16 heavy (non-hydrogen) atoms. The molecule has 0 heterocycles. The summed E-state index contributed by atoms with van der Waals surface area (Å²) in [5.74, 6) is -2.79. The lowest BCUT2D eigenvalue weighted by atomic mass is 9.85. The molecule has 2 rings (SSSR count). The number of fused-ring (bicyclic) bond motifs is 1. The summed E-state index contributed by atoms with van der Waals surface area (Å²) in [6, 6.07) is 4.38. The van der Waals surface area contributed by atoms with Gasteiger partial charge in [-0.05, 0) is 22.1 Å². The van der Waals surface area contributed by atoms with Gasteiger partial charge >= 0.3 is 0 Å². The van der Waals surface area contributed by atoms with E-state index >= 15 is 0 Å². The Balaban J connectivity index is 2.45. The molecule has 2 N–H and O–H groups in total. The molecule has 0 amide bonds. The second-order valence-electron chi connectivity index (χ2n) is 5.58. The number of nitrogens with two attached hydrogens (primary N) is 1. The Morgan fingerprint density at radius 3 is 2.50 bits per heavy atom. The van der Waals surface area contributed by atoms with E-state index in [-0.39, 0.29) is 11.8 Å². The van der Waals surface area contributed by atoms with Crippen LogP contribution in [0.2, 0.25) is 0 Å². The zero-order valence-corrected chi connectivity index (χ0v) is 9.85. The van der Waals surface area contributed by atoms with E-state index in [1.165, 1.54) is 0 Å². The van der Waals surface area contributed by atoms with Gasteiger partial charge in [0.05, 0.1) is 6.04 Å². The Labute approximate surface area is 94.7 Å². The van der Waals surface area contributed by atoms with Crippen LogP contribution in [0.25, 0.3) is 0 Å². The van der Waals surface area contributed by atoms with Crippen molar-refractivity contribution in [2.24, 2.45) is 5.73 Å². The zero-order valence-electron chi connectivity index (χ0n) is 9.85. The number of benzene rings is 1. The molecular weight excluding hydrogens is 208 g/mol. The highest BCUT2D eigenvalue weighted by molar-refractivity contribution is 5.42. The average molecular weight is 225 g/mol. The minimum atomic E-state index is -2.79. The second-order valence-corrected chi connectivity index (χ2v) is 5.58. The molecule has 0 aromatic heterocycles. The van der Waals surface area contributed by atoms with Gasteiger partial charge in [-0.25, -0.2) is 8.78 Å². The summed E-state index contributed by atoms with van der Waals surface area (Å²) in [5, 5.41) is 0. The van der Waals surface area contributed by atoms with E-state index in [1.54, 1.807) is 6.07 Å². The van der Waals surface area contributed by atoms with Crippen LogP contribution in [0.4, 0.5) is 8.78 Å². The molecule has 1 aliphatic rings. The van der Waals surface area contributed by atoms with E-state index in [4.69, 9.17) is 5.73 Å². The molecule has 1 nitrogen and oxygen atoms in total. The molecular formula is C13H17F2N. The number of hydrogen-bond donors (Lipinski definition) is 1. The fourth-order valence-corrected chi connectivity index (χ4v) is 2.12. The smallest absolute Gasteiger partial charge is 0.270 e. The number of rotatable bonds is 0. The van der Waals surface area contributed by atoms with Gasteiger partial charge in [0.15, 0.2) is 0 Å². The van der Waals surface area contributed by atoms with Crippen LogP contribution in [-0.2, 0) is 11.8 Å². The van der Waals surface area contributed by atoms with Crippen molar-refractivity contribution in [1.82, 2.24) is 0 Å². The summed E-state index contributed by atoms with van der Waals surface area (Å²) in [7, 11) is 0. The summed E-state index contributed by atoms with van der Waals surface area (Å²) in [5.41, 5.74) is 7.89. The molecule has 1 atom stereocenters. The third kappa shape index (κ3) is 1.73. The predicted molar refractivity (Wildman–Crippen MR) is 60.7 cm³/mol. The molecule has 0 spiro atoms. The maximum Gasteiger partial charge on any atom is 0.270 e. The second kappa shape index (κ2) is 3.27. The standard InChI is InChI=1S/C13H17F2N/c1-12(2,3)9-4-5-10-8(6-9)7-13(14,15)11(10)16/h4-6,11H,7,16H2,1-3H3/t11-/m0/s1. The fraction of sp³-hybridized carbons (Fsp3) is 0.538. The van der Waals surface area contributed by atoms with E-state index in [2.05, 4.69) is 20.8 Å². The number of hydrogen-bond acceptors (Lipinski definition) is 1. The van der Waals surface area contributed by atoms with Crippen molar-refractivity contribution in [3.05, 3.63) is 34.9 Å². The molecule has 0 fully saturated rings. The molecule has 0 bridgehead atoms. The summed E-state index contributed by atoms with van der Waals surface area (Å²) in [6.45, 7) is 6.21. The molecule has 0 saturated carbocycles. The SMILES string of the molecule is CC(C)(C)c1ccc2c(c1)CC(F)(F)[C@H]2N. The summed E-state index contributed by atoms with van der Waals surface area (Å²) in [4.78, 5) is 0. The largest absolute Gasteiger partial charge is 0.319 e. The maximum absolute atomic E-state index is 13.4. The van der Waals surface area contributed by atoms with Crippen LogP contribution in [0, 0.1) is 0 Å². The van der Waals surface area contributed by atoms with Crippen LogP contribution in [0.3, 0.4) is 0 Å². The Hall–Kier alpha value is -0.960. The predicted octanol–water partition coefficient (Wildman–Crippen LogP) is 3.18. The molecule has 0 radical (unpaired) electrons. The van der Waals surface area contributed by atoms with Crippen LogP contribution in [0.15, 0.2) is 18.2 Å². The topological polar surface area (TPSA) is 26.0 Å². The van der Waals surface area contributed by atoms with E-state index in [9.17, 15) is 8.78 Å². The molecule has 0 aliphatic heterocycles. The first-order chi connectivity index (χ1) is 7.22. The molecule has 0 saturated heterocycles. The molecule has 3 heteroatoms. The summed E-state index contributed by atoms with van der Waals surface area (Å²) < 4.78 is 26.9. The monoisotopic (exact) mass is 225 g/mol. The van der Waals surface area contributed by atoms with Crippen LogP contribution < -0.4 is 5.73 Å². The third-order valence-electron chi connectivity index (χ3n) is 3.23. The molecule has 88 valence electrons. The third-order valence-corrected chi connectivity index (χ3v) is 3.23. The van der Waals surface area contributed by atoms with Crippen molar-refractivity contribution < 1.29 is 8.78 Å². The molecule has 1 aliphatic carbocycles. The van der Waals surface area contributed by atoms with Gasteiger partial charge < -0.3 is 5.73 Å². The lowest BCUT2D eigenvalue weighted by Gasteiger charge is -2.20. The zero-order chi connectivity index (χ0) is 12.1. The Kier molecular flexibility index (Phi) is 2.35. The van der Waals surface area contributed by atoms with E-state index in [0.29, 0.717) is 11.1 Å². The summed E-state index contributed by atoms with van der Waals surface area (Å²) in [6.07, 6.45) is -0.229. The lowest BCUT2D eigenvalue weighted by Crippen LogP contribution is -2.28. The van der Waals surface area contributed by atoms with E-state index in [0.717, 1.165) is 5.56 Å². The van der Waals surface area contributed by atoms with Crippen LogP contribution in [-0.4, -0.2) is 5.92 Å².